The molecule has 1 aromatic carbocycles. The molecule has 0 unspecified atom stereocenters. The lowest BCUT2D eigenvalue weighted by Crippen LogP contribution is -2.05. The highest BCUT2D eigenvalue weighted by molar-refractivity contribution is 7.17. The van der Waals surface area contributed by atoms with Gasteiger partial charge in [-0.25, -0.2) is 4.98 Å². The molecule has 2 heterocycles. The van der Waals surface area contributed by atoms with Crippen LogP contribution < -0.4 is 0 Å². The molecule has 0 bridgehead atoms. The van der Waals surface area contributed by atoms with Crippen molar-refractivity contribution in [2.24, 2.45) is 5.16 Å². The van der Waals surface area contributed by atoms with Crippen molar-refractivity contribution in [1.82, 2.24) is 9.38 Å². The van der Waals surface area contributed by atoms with Gasteiger partial charge in [-0.05, 0) is 37.8 Å². The van der Waals surface area contributed by atoms with Crippen LogP contribution in [0.1, 0.15) is 29.1 Å². The summed E-state index contributed by atoms with van der Waals surface area (Å²) in [6.45, 7) is 0. The summed E-state index contributed by atoms with van der Waals surface area (Å²) in [6, 6.07) is 7.75. The summed E-state index contributed by atoms with van der Waals surface area (Å²) >= 11 is 7.79. The molecule has 118 valence electrons. The molecule has 4 nitrogen and oxygen atoms in total. The topological polar surface area (TPSA) is 38.9 Å². The summed E-state index contributed by atoms with van der Waals surface area (Å²) in [5.74, 6) is 0. The van der Waals surface area contributed by atoms with Crippen molar-refractivity contribution in [3.8, 4) is 11.3 Å². The van der Waals surface area contributed by atoms with Gasteiger partial charge in [0.15, 0.2) is 4.96 Å². The van der Waals surface area contributed by atoms with Gasteiger partial charge in [0.25, 0.3) is 0 Å². The molecule has 0 amide bonds. The number of halogens is 1. The Kier molecular flexibility index (Phi) is 3.83. The van der Waals surface area contributed by atoms with Crippen LogP contribution in [0, 0.1) is 0 Å². The highest BCUT2D eigenvalue weighted by Gasteiger charge is 2.22. The molecule has 0 N–H and O–H groups in total. The second kappa shape index (κ2) is 5.98. The maximum absolute atomic E-state index is 6.01. The van der Waals surface area contributed by atoms with E-state index in [0.29, 0.717) is 0 Å². The van der Waals surface area contributed by atoms with Gasteiger partial charge in [0.1, 0.15) is 7.11 Å². The molecule has 23 heavy (non-hydrogen) atoms. The summed E-state index contributed by atoms with van der Waals surface area (Å²) in [4.78, 5) is 12.2. The molecule has 1 aliphatic carbocycles. The smallest absolute Gasteiger partial charge is 0.195 e. The number of hydrogen-bond donors (Lipinski definition) is 0. The predicted molar refractivity (Wildman–Crippen MR) is 94.8 cm³/mol. The quantitative estimate of drug-likeness (QED) is 0.515. The Bertz CT molecular complexity index is 880. The fourth-order valence-electron chi connectivity index (χ4n) is 3.10. The van der Waals surface area contributed by atoms with Crippen LogP contribution in [0.2, 0.25) is 5.02 Å². The second-order valence-electron chi connectivity index (χ2n) is 5.57. The molecule has 2 aromatic heterocycles. The number of imidazole rings is 1. The summed E-state index contributed by atoms with van der Waals surface area (Å²) in [6.07, 6.45) is 6.50. The minimum absolute atomic E-state index is 0.722. The fraction of sp³-hybridized carbons (Fsp3) is 0.294. The lowest BCUT2D eigenvalue weighted by atomic mass is 10.0. The van der Waals surface area contributed by atoms with E-state index in [1.165, 1.54) is 23.4 Å². The Morgan fingerprint density at radius 3 is 2.83 bits per heavy atom. The standard InChI is InChI=1S/C17H16ClN3OS/c1-22-19-10-14-16(11-6-8-12(18)9-7-11)20-17-21(14)13-4-2-3-5-15(13)23-17/h6-10H,2-5H2,1H3. The number of nitrogens with zero attached hydrogens (tertiary/aromatic N) is 3. The van der Waals surface area contributed by atoms with Gasteiger partial charge in [0.05, 0.1) is 17.6 Å². The molecule has 0 saturated heterocycles. The minimum atomic E-state index is 0.722. The zero-order valence-corrected chi connectivity index (χ0v) is 14.3. The van der Waals surface area contributed by atoms with Gasteiger partial charge < -0.3 is 4.84 Å². The van der Waals surface area contributed by atoms with Gasteiger partial charge in [-0.2, -0.15) is 0 Å². The Morgan fingerprint density at radius 1 is 1.26 bits per heavy atom. The van der Waals surface area contributed by atoms with Crippen LogP contribution >= 0.6 is 22.9 Å². The lowest BCUT2D eigenvalue weighted by molar-refractivity contribution is 0.215. The second-order valence-corrected chi connectivity index (χ2v) is 7.07. The van der Waals surface area contributed by atoms with Crippen molar-refractivity contribution in [3.05, 3.63) is 45.6 Å². The molecule has 1 aliphatic rings. The average Bonchev–Trinajstić information content (AvgIpc) is 3.10. The highest BCUT2D eigenvalue weighted by atomic mass is 35.5. The van der Waals surface area contributed by atoms with Gasteiger partial charge >= 0.3 is 0 Å². The van der Waals surface area contributed by atoms with Crippen LogP contribution in [0.15, 0.2) is 29.4 Å². The predicted octanol–water partition coefficient (Wildman–Crippen LogP) is 4.58. The molecule has 3 aromatic rings. The summed E-state index contributed by atoms with van der Waals surface area (Å²) in [5, 5.41) is 4.71. The number of benzene rings is 1. The van der Waals surface area contributed by atoms with E-state index in [4.69, 9.17) is 21.4 Å². The lowest BCUT2D eigenvalue weighted by Gasteiger charge is -2.11. The van der Waals surface area contributed by atoms with Crippen LogP contribution in [-0.2, 0) is 17.7 Å². The Morgan fingerprint density at radius 2 is 2.04 bits per heavy atom. The largest absolute Gasteiger partial charge is 0.399 e. The molecule has 6 heteroatoms. The zero-order valence-electron chi connectivity index (χ0n) is 12.8. The van der Waals surface area contributed by atoms with Gasteiger partial charge in [-0.3, -0.25) is 4.40 Å². The number of oxime groups is 1. The summed E-state index contributed by atoms with van der Waals surface area (Å²) < 4.78 is 2.24. The van der Waals surface area contributed by atoms with Gasteiger partial charge in [-0.15, -0.1) is 11.3 Å². The molecule has 0 saturated carbocycles. The van der Waals surface area contributed by atoms with Gasteiger partial charge in [0.2, 0.25) is 0 Å². The first-order valence-electron chi connectivity index (χ1n) is 7.63. The molecular weight excluding hydrogens is 330 g/mol. The fourth-order valence-corrected chi connectivity index (χ4v) is 4.44. The van der Waals surface area contributed by atoms with E-state index in [2.05, 4.69) is 9.56 Å². The maximum Gasteiger partial charge on any atom is 0.195 e. The Hall–Kier alpha value is -1.85. The number of fused-ring (bicyclic) bond motifs is 3. The monoisotopic (exact) mass is 345 g/mol. The number of aryl methyl sites for hydroxylation is 2. The minimum Gasteiger partial charge on any atom is -0.399 e. The van der Waals surface area contributed by atoms with E-state index in [1.807, 2.05) is 24.3 Å². The third-order valence-corrected chi connectivity index (χ3v) is 5.55. The molecule has 0 atom stereocenters. The van der Waals surface area contributed by atoms with E-state index in [-0.39, 0.29) is 0 Å². The van der Waals surface area contributed by atoms with Crippen molar-refractivity contribution in [2.75, 3.05) is 7.11 Å². The highest BCUT2D eigenvalue weighted by Crippen LogP contribution is 2.34. The normalized spacial score (nSPS) is 14.5. The van der Waals surface area contributed by atoms with Crippen molar-refractivity contribution in [1.29, 1.82) is 0 Å². The van der Waals surface area contributed by atoms with Crippen LogP contribution in [0.5, 0.6) is 0 Å². The van der Waals surface area contributed by atoms with Crippen LogP contribution in [0.3, 0.4) is 0 Å². The molecule has 4 rings (SSSR count). The van der Waals surface area contributed by atoms with Crippen molar-refractivity contribution < 1.29 is 4.84 Å². The van der Waals surface area contributed by atoms with Crippen molar-refractivity contribution >= 4 is 34.1 Å². The SMILES string of the molecule is CON=Cc1c(-c2ccc(Cl)cc2)nc2sc3c(n12)CCCC3. The van der Waals surface area contributed by atoms with Crippen LogP contribution in [-0.4, -0.2) is 22.7 Å². The maximum atomic E-state index is 6.01. The van der Waals surface area contributed by atoms with E-state index in [1.54, 1.807) is 24.7 Å². The van der Waals surface area contributed by atoms with E-state index in [0.717, 1.165) is 39.8 Å². The Balaban J connectivity index is 1.95. The molecular formula is C17H16ClN3OS. The van der Waals surface area contributed by atoms with E-state index in [9.17, 15) is 0 Å². The van der Waals surface area contributed by atoms with Crippen molar-refractivity contribution in [2.45, 2.75) is 25.7 Å². The van der Waals surface area contributed by atoms with E-state index < -0.39 is 0 Å². The zero-order chi connectivity index (χ0) is 15.8. The average molecular weight is 346 g/mol. The first-order chi connectivity index (χ1) is 11.3. The first-order valence-corrected chi connectivity index (χ1v) is 8.83. The third kappa shape index (κ3) is 2.54. The first kappa shape index (κ1) is 14.7. The van der Waals surface area contributed by atoms with Crippen LogP contribution in [0.25, 0.3) is 16.2 Å². The molecule has 0 radical (unpaired) electrons. The number of thiazole rings is 1. The number of rotatable bonds is 3. The van der Waals surface area contributed by atoms with Crippen molar-refractivity contribution in [3.63, 3.8) is 0 Å². The molecule has 0 fully saturated rings. The molecule has 0 aliphatic heterocycles. The number of aromatic nitrogens is 2. The third-order valence-electron chi connectivity index (χ3n) is 4.15. The summed E-state index contributed by atoms with van der Waals surface area (Å²) in [7, 11) is 1.56. The van der Waals surface area contributed by atoms with Gasteiger partial charge in [0, 0.05) is 21.2 Å². The van der Waals surface area contributed by atoms with Crippen LogP contribution in [0.4, 0.5) is 0 Å². The molecule has 0 spiro atoms. The summed E-state index contributed by atoms with van der Waals surface area (Å²) in [5.41, 5.74) is 4.31. The van der Waals surface area contributed by atoms with Gasteiger partial charge in [-0.1, -0.05) is 28.9 Å². The van der Waals surface area contributed by atoms with E-state index >= 15 is 0 Å². The Labute approximate surface area is 143 Å². The number of hydrogen-bond acceptors (Lipinski definition) is 4.